The van der Waals surface area contributed by atoms with Crippen molar-refractivity contribution >= 4 is 6.47 Å². The molecule has 2 nitrogen and oxygen atoms in total. The summed E-state index contributed by atoms with van der Waals surface area (Å²) in [6, 6.07) is 0. The van der Waals surface area contributed by atoms with Crippen molar-refractivity contribution in [1.82, 2.24) is 0 Å². The molecule has 0 aromatic carbocycles. The Morgan fingerprint density at radius 2 is 2.11 bits per heavy atom. The van der Waals surface area contributed by atoms with Crippen molar-refractivity contribution in [3.63, 3.8) is 0 Å². The lowest BCUT2D eigenvalue weighted by Gasteiger charge is -2.43. The van der Waals surface area contributed by atoms with Crippen LogP contribution < -0.4 is 0 Å². The summed E-state index contributed by atoms with van der Waals surface area (Å²) in [4.78, 5) is 10.5. The number of ether oxygens (including phenoxy) is 1. The van der Waals surface area contributed by atoms with E-state index >= 15 is 0 Å². The molecule has 0 bridgehead atoms. The van der Waals surface area contributed by atoms with Crippen LogP contribution in [0.4, 0.5) is 0 Å². The van der Waals surface area contributed by atoms with Gasteiger partial charge < -0.3 is 4.74 Å². The maximum Gasteiger partial charge on any atom is 0.293 e. The summed E-state index contributed by atoms with van der Waals surface area (Å²) in [5.41, 5.74) is 0.454. The lowest BCUT2D eigenvalue weighted by molar-refractivity contribution is -0.134. The molecule has 1 fully saturated rings. The van der Waals surface area contributed by atoms with Crippen molar-refractivity contribution in [1.29, 1.82) is 0 Å². The molecule has 2 heteroatoms. The van der Waals surface area contributed by atoms with Crippen LogP contribution in [0.25, 0.3) is 0 Å². The molecule has 0 N–H and O–H groups in total. The van der Waals surface area contributed by atoms with Gasteiger partial charge in [-0.3, -0.25) is 4.79 Å². The first kappa shape index (κ1) is 15.5. The molecule has 1 unspecified atom stereocenters. The van der Waals surface area contributed by atoms with Crippen molar-refractivity contribution in [3.8, 4) is 0 Å². The smallest absolute Gasteiger partial charge is 0.293 e. The van der Waals surface area contributed by atoms with Crippen molar-refractivity contribution in [2.45, 2.75) is 78.7 Å². The zero-order valence-electron chi connectivity index (χ0n) is 12.6. The van der Waals surface area contributed by atoms with E-state index in [1.165, 1.54) is 25.7 Å². The van der Waals surface area contributed by atoms with Gasteiger partial charge in [-0.25, -0.2) is 0 Å². The first-order valence-corrected chi connectivity index (χ1v) is 7.60. The van der Waals surface area contributed by atoms with Gasteiger partial charge in [-0.05, 0) is 42.9 Å². The highest BCUT2D eigenvalue weighted by Crippen LogP contribution is 2.46. The van der Waals surface area contributed by atoms with E-state index in [2.05, 4.69) is 27.7 Å². The van der Waals surface area contributed by atoms with E-state index in [1.807, 2.05) is 0 Å². The van der Waals surface area contributed by atoms with Crippen LogP contribution in [-0.4, -0.2) is 12.6 Å². The molecule has 0 saturated heterocycles. The summed E-state index contributed by atoms with van der Waals surface area (Å²) in [5, 5.41) is 0. The van der Waals surface area contributed by atoms with E-state index in [0.717, 1.165) is 31.1 Å². The summed E-state index contributed by atoms with van der Waals surface area (Å²) < 4.78 is 5.20. The lowest BCUT2D eigenvalue weighted by Crippen LogP contribution is -2.34. The van der Waals surface area contributed by atoms with Crippen LogP contribution in [0.15, 0.2) is 0 Å². The van der Waals surface area contributed by atoms with Crippen LogP contribution in [0.1, 0.15) is 72.6 Å². The van der Waals surface area contributed by atoms with E-state index in [0.29, 0.717) is 11.9 Å². The minimum absolute atomic E-state index is 0.137. The van der Waals surface area contributed by atoms with Gasteiger partial charge in [0, 0.05) is 0 Å². The Kier molecular flexibility index (Phi) is 6.17. The molecule has 1 rings (SSSR count). The van der Waals surface area contributed by atoms with Gasteiger partial charge in [0.05, 0.1) is 0 Å². The molecule has 0 amide bonds. The van der Waals surface area contributed by atoms with Gasteiger partial charge in [0.25, 0.3) is 6.47 Å². The topological polar surface area (TPSA) is 26.3 Å². The summed E-state index contributed by atoms with van der Waals surface area (Å²) >= 11 is 0. The number of rotatable bonds is 7. The predicted octanol–water partition coefficient (Wildman–Crippen LogP) is 4.57. The van der Waals surface area contributed by atoms with E-state index in [1.54, 1.807) is 0 Å². The molecular formula is C16H30O2. The molecule has 106 valence electrons. The fourth-order valence-electron chi connectivity index (χ4n) is 3.76. The van der Waals surface area contributed by atoms with Crippen LogP contribution in [0.2, 0.25) is 0 Å². The highest BCUT2D eigenvalue weighted by Gasteiger charge is 2.36. The first-order valence-electron chi connectivity index (χ1n) is 7.60. The molecule has 0 radical (unpaired) electrons. The van der Waals surface area contributed by atoms with Crippen LogP contribution in [-0.2, 0) is 9.53 Å². The van der Waals surface area contributed by atoms with Crippen LogP contribution in [0.5, 0.6) is 0 Å². The Labute approximate surface area is 112 Å². The fourth-order valence-corrected chi connectivity index (χ4v) is 3.76. The number of hydrogen-bond acceptors (Lipinski definition) is 2. The minimum atomic E-state index is 0.137. The van der Waals surface area contributed by atoms with Gasteiger partial charge in [0.15, 0.2) is 0 Å². The first-order chi connectivity index (χ1) is 8.51. The maximum atomic E-state index is 10.5. The highest BCUT2D eigenvalue weighted by molar-refractivity contribution is 5.37. The SMILES string of the molecule is CCCC(CC[C@@H]1[C@@H](C)CCCC1(C)C)OC=O. The zero-order valence-corrected chi connectivity index (χ0v) is 12.6. The Morgan fingerprint density at radius 3 is 2.67 bits per heavy atom. The molecule has 1 aliphatic carbocycles. The second-order valence-electron chi connectivity index (χ2n) is 6.68. The molecule has 0 aromatic heterocycles. The van der Waals surface area contributed by atoms with Gasteiger partial charge in [-0.15, -0.1) is 0 Å². The summed E-state index contributed by atoms with van der Waals surface area (Å²) in [7, 11) is 0. The predicted molar refractivity (Wildman–Crippen MR) is 75.4 cm³/mol. The third kappa shape index (κ3) is 4.29. The van der Waals surface area contributed by atoms with Gasteiger partial charge in [-0.1, -0.05) is 47.0 Å². The molecule has 0 aliphatic heterocycles. The monoisotopic (exact) mass is 254 g/mol. The van der Waals surface area contributed by atoms with E-state index in [9.17, 15) is 4.79 Å². The van der Waals surface area contributed by atoms with Crippen LogP contribution in [0.3, 0.4) is 0 Å². The number of hydrogen-bond donors (Lipinski definition) is 0. The average molecular weight is 254 g/mol. The molecule has 3 atom stereocenters. The Morgan fingerprint density at radius 1 is 1.39 bits per heavy atom. The van der Waals surface area contributed by atoms with E-state index in [-0.39, 0.29) is 6.10 Å². The zero-order chi connectivity index (χ0) is 13.6. The fraction of sp³-hybridized carbons (Fsp3) is 0.938. The van der Waals surface area contributed by atoms with Gasteiger partial charge in [-0.2, -0.15) is 0 Å². The van der Waals surface area contributed by atoms with Gasteiger partial charge in [0.1, 0.15) is 6.10 Å². The van der Waals surface area contributed by atoms with Crippen molar-refractivity contribution in [2.24, 2.45) is 17.3 Å². The normalized spacial score (nSPS) is 28.7. The Hall–Kier alpha value is -0.530. The molecular weight excluding hydrogens is 224 g/mol. The van der Waals surface area contributed by atoms with E-state index < -0.39 is 0 Å². The van der Waals surface area contributed by atoms with Crippen molar-refractivity contribution in [2.75, 3.05) is 0 Å². The second-order valence-corrected chi connectivity index (χ2v) is 6.68. The lowest BCUT2D eigenvalue weighted by atomic mass is 9.62. The van der Waals surface area contributed by atoms with Gasteiger partial charge in [0.2, 0.25) is 0 Å². The molecule has 1 aliphatic rings. The quantitative estimate of drug-likeness (QED) is 0.622. The molecule has 18 heavy (non-hydrogen) atoms. The second kappa shape index (κ2) is 7.16. The van der Waals surface area contributed by atoms with Crippen molar-refractivity contribution in [3.05, 3.63) is 0 Å². The number of carbonyl (C=O) groups is 1. The standard InChI is InChI=1S/C16H30O2/c1-5-7-14(18-12-17)9-10-15-13(2)8-6-11-16(15,3)4/h12-15H,5-11H2,1-4H3/t13-,14?,15+/m0/s1. The maximum absolute atomic E-state index is 10.5. The minimum Gasteiger partial charge on any atom is -0.465 e. The molecule has 0 aromatic rings. The molecule has 1 saturated carbocycles. The number of carbonyl (C=O) groups excluding carboxylic acids is 1. The molecule has 0 spiro atoms. The molecule has 0 heterocycles. The van der Waals surface area contributed by atoms with Gasteiger partial charge >= 0.3 is 0 Å². The van der Waals surface area contributed by atoms with E-state index in [4.69, 9.17) is 4.74 Å². The Bertz CT molecular complexity index is 247. The third-order valence-electron chi connectivity index (χ3n) is 4.83. The summed E-state index contributed by atoms with van der Waals surface area (Å²) in [6.07, 6.45) is 8.53. The van der Waals surface area contributed by atoms with Crippen molar-refractivity contribution < 1.29 is 9.53 Å². The Balaban J connectivity index is 2.50. The summed E-state index contributed by atoms with van der Waals surface area (Å²) in [6.45, 7) is 9.97. The average Bonchev–Trinajstić information content (AvgIpc) is 2.28. The third-order valence-corrected chi connectivity index (χ3v) is 4.83. The van der Waals surface area contributed by atoms with Crippen LogP contribution in [0, 0.1) is 17.3 Å². The highest BCUT2D eigenvalue weighted by atomic mass is 16.5. The summed E-state index contributed by atoms with van der Waals surface area (Å²) in [5.74, 6) is 1.59. The van der Waals surface area contributed by atoms with Crippen LogP contribution >= 0.6 is 0 Å². The largest absolute Gasteiger partial charge is 0.465 e.